The van der Waals surface area contributed by atoms with Crippen molar-refractivity contribution in [3.8, 4) is 0 Å². The van der Waals surface area contributed by atoms with E-state index in [0.717, 1.165) is 18.2 Å². The van der Waals surface area contributed by atoms with E-state index in [9.17, 15) is 18.0 Å². The third-order valence-electron chi connectivity index (χ3n) is 5.07. The van der Waals surface area contributed by atoms with Crippen molar-refractivity contribution in [2.24, 2.45) is 0 Å². The van der Waals surface area contributed by atoms with Crippen LogP contribution in [0.5, 0.6) is 0 Å². The van der Waals surface area contributed by atoms with Gasteiger partial charge in [-0.15, -0.1) is 5.10 Å². The number of rotatable bonds is 4. The summed E-state index contributed by atoms with van der Waals surface area (Å²) in [5.41, 5.74) is 6.30. The van der Waals surface area contributed by atoms with E-state index in [0.29, 0.717) is 5.82 Å². The number of nitrogens with two attached hydrogens (primary N) is 1. The predicted octanol–water partition coefficient (Wildman–Crippen LogP) is -0.880. The molecule has 0 saturated carbocycles. The molecule has 158 valence electrons. The van der Waals surface area contributed by atoms with Crippen LogP contribution in [0.1, 0.15) is 28.4 Å². The van der Waals surface area contributed by atoms with E-state index in [1.54, 1.807) is 17.2 Å². The fourth-order valence-electron chi connectivity index (χ4n) is 3.82. The summed E-state index contributed by atoms with van der Waals surface area (Å²) in [6.07, 6.45) is 0.294. The molecule has 31 heavy (non-hydrogen) atoms. The van der Waals surface area contributed by atoms with Gasteiger partial charge in [-0.3, -0.25) is 4.79 Å². The van der Waals surface area contributed by atoms with Crippen LogP contribution in [-0.2, 0) is 0 Å². The second kappa shape index (κ2) is 7.54. The minimum absolute atomic E-state index is 0.00362. The van der Waals surface area contributed by atoms with E-state index >= 15 is 0 Å². The Kier molecular flexibility index (Phi) is 5.14. The van der Waals surface area contributed by atoms with Crippen molar-refractivity contribution >= 4 is 46.7 Å². The third-order valence-corrected chi connectivity index (χ3v) is 5.07. The smallest absolute Gasteiger partial charge is 0.257 e. The maximum Gasteiger partial charge on any atom is 0.257 e. The molecule has 1 aliphatic heterocycles. The fourth-order valence-corrected chi connectivity index (χ4v) is 3.82. The molecule has 3 aromatic rings. The molecule has 1 fully saturated rings. The number of halogens is 3. The van der Waals surface area contributed by atoms with Gasteiger partial charge in [0.25, 0.3) is 5.91 Å². The Morgan fingerprint density at radius 1 is 1.26 bits per heavy atom. The first-order valence-corrected chi connectivity index (χ1v) is 9.86. The summed E-state index contributed by atoms with van der Waals surface area (Å²) in [5, 5.41) is 6.43. The van der Waals surface area contributed by atoms with E-state index in [4.69, 9.17) is 5.73 Å². The molecule has 2 atom stereocenters. The highest BCUT2D eigenvalue weighted by Gasteiger charge is 2.36. The number of alkyl halides is 1. The molecule has 3 N–H and O–H groups in total. The lowest BCUT2D eigenvalue weighted by Crippen LogP contribution is -2.50. The van der Waals surface area contributed by atoms with Crippen molar-refractivity contribution in [1.82, 2.24) is 19.9 Å². The van der Waals surface area contributed by atoms with Gasteiger partial charge < -0.3 is 16.0 Å². The Labute approximate surface area is 179 Å². The number of nitrogen functional groups attached to an aromatic ring is 1. The Bertz CT molecular complexity index is 1170. The van der Waals surface area contributed by atoms with Crippen LogP contribution < -0.4 is 16.0 Å². The SMILES string of the molecule is BC(B)(B)NC(=O)c1c(N)nn2ccc(N3C[C@@H](F)C[C@@H]3c3cc(F)ccc3F)nc12. The first-order chi connectivity index (χ1) is 14.5. The fraction of sp³-hybridized carbons (Fsp3) is 0.278. The second-order valence-electron chi connectivity index (χ2n) is 8.69. The number of fused-ring (bicyclic) bond motifs is 1. The summed E-state index contributed by atoms with van der Waals surface area (Å²) in [5.74, 6) is -1.35. The Balaban J connectivity index is 1.77. The number of aromatic nitrogens is 3. The van der Waals surface area contributed by atoms with Crippen molar-refractivity contribution in [2.45, 2.75) is 23.9 Å². The summed E-state index contributed by atoms with van der Waals surface area (Å²) in [7, 11) is 5.49. The van der Waals surface area contributed by atoms with Gasteiger partial charge in [0.1, 0.15) is 52.7 Å². The summed E-state index contributed by atoms with van der Waals surface area (Å²) in [6.45, 7) is -0.0447. The standard InChI is InChI=1S/C18H20B3F3N6O/c19-18(20,21)27-17(31)14-15(25)28-30-4-3-13(26-16(14)30)29-7-9(23)6-12(29)10-5-8(22)1-2-11(10)24/h1-5,9,12H,6-7,19-21H2,(H2,25,28)(H,27,31)/t9-,12+/m0/s1. The van der Waals surface area contributed by atoms with Crippen LogP contribution in [-0.4, -0.2) is 62.0 Å². The Hall–Kier alpha value is -3.11. The number of hydrogen-bond acceptors (Lipinski definition) is 5. The average molecular weight is 426 g/mol. The zero-order chi connectivity index (χ0) is 22.5. The van der Waals surface area contributed by atoms with Crippen molar-refractivity contribution in [1.29, 1.82) is 0 Å². The molecular formula is C18H20B3F3N6O. The lowest BCUT2D eigenvalue weighted by Gasteiger charge is -2.26. The molecule has 1 aromatic carbocycles. The molecule has 4 rings (SSSR count). The van der Waals surface area contributed by atoms with Gasteiger partial charge in [0.15, 0.2) is 11.5 Å². The first kappa shape index (κ1) is 21.1. The molecule has 13 heteroatoms. The van der Waals surface area contributed by atoms with Crippen molar-refractivity contribution in [2.75, 3.05) is 17.2 Å². The van der Waals surface area contributed by atoms with Crippen molar-refractivity contribution < 1.29 is 18.0 Å². The summed E-state index contributed by atoms with van der Waals surface area (Å²) < 4.78 is 43.9. The molecule has 0 radical (unpaired) electrons. The van der Waals surface area contributed by atoms with Crippen molar-refractivity contribution in [3.05, 3.63) is 53.2 Å². The summed E-state index contributed by atoms with van der Waals surface area (Å²) >= 11 is 0. The molecule has 3 heterocycles. The number of nitrogens with one attached hydrogen (secondary N) is 1. The van der Waals surface area contributed by atoms with Gasteiger partial charge in [-0.25, -0.2) is 22.7 Å². The zero-order valence-corrected chi connectivity index (χ0v) is 17.4. The zero-order valence-electron chi connectivity index (χ0n) is 17.4. The molecular weight excluding hydrogens is 406 g/mol. The predicted molar refractivity (Wildman–Crippen MR) is 119 cm³/mol. The lowest BCUT2D eigenvalue weighted by molar-refractivity contribution is 0.0955. The highest BCUT2D eigenvalue weighted by atomic mass is 19.1. The minimum atomic E-state index is -1.25. The van der Waals surface area contributed by atoms with Crippen LogP contribution in [0.4, 0.5) is 24.8 Å². The topological polar surface area (TPSA) is 88.5 Å². The molecule has 1 saturated heterocycles. The highest BCUT2D eigenvalue weighted by Crippen LogP contribution is 2.38. The molecule has 1 amide bonds. The third kappa shape index (κ3) is 4.08. The van der Waals surface area contributed by atoms with E-state index in [2.05, 4.69) is 15.4 Å². The molecule has 0 aliphatic carbocycles. The van der Waals surface area contributed by atoms with E-state index in [-0.39, 0.29) is 35.6 Å². The number of carbonyl (C=O) groups is 1. The lowest BCUT2D eigenvalue weighted by atomic mass is 9.49. The molecule has 1 aliphatic rings. The van der Waals surface area contributed by atoms with Gasteiger partial charge in [0.2, 0.25) is 0 Å². The number of amides is 1. The minimum Gasteiger partial charge on any atom is -0.381 e. The molecule has 2 aromatic heterocycles. The summed E-state index contributed by atoms with van der Waals surface area (Å²) in [4.78, 5) is 18.8. The highest BCUT2D eigenvalue weighted by molar-refractivity contribution is 6.60. The average Bonchev–Trinajstić information content (AvgIpc) is 3.20. The van der Waals surface area contributed by atoms with Gasteiger partial charge >= 0.3 is 0 Å². The van der Waals surface area contributed by atoms with Gasteiger partial charge in [-0.2, -0.15) is 0 Å². The molecule has 0 unspecified atom stereocenters. The van der Waals surface area contributed by atoms with Gasteiger partial charge in [-0.05, 0) is 29.5 Å². The number of anilines is 2. The van der Waals surface area contributed by atoms with Crippen LogP contribution in [0.3, 0.4) is 0 Å². The van der Waals surface area contributed by atoms with Crippen LogP contribution in [0.25, 0.3) is 5.65 Å². The Morgan fingerprint density at radius 2 is 2.00 bits per heavy atom. The largest absolute Gasteiger partial charge is 0.381 e. The molecule has 7 nitrogen and oxygen atoms in total. The van der Waals surface area contributed by atoms with E-state index < -0.39 is 35.0 Å². The number of nitrogens with zero attached hydrogens (tertiary/aromatic N) is 4. The quantitative estimate of drug-likeness (QED) is 0.530. The van der Waals surface area contributed by atoms with E-state index in [1.165, 1.54) is 4.52 Å². The van der Waals surface area contributed by atoms with Gasteiger partial charge in [0, 0.05) is 18.2 Å². The van der Waals surface area contributed by atoms with Gasteiger partial charge in [-0.1, -0.05) is 0 Å². The molecule has 0 bridgehead atoms. The number of hydrogen-bond donors (Lipinski definition) is 2. The van der Waals surface area contributed by atoms with Crippen LogP contribution in [0.2, 0.25) is 0 Å². The van der Waals surface area contributed by atoms with Crippen LogP contribution in [0.15, 0.2) is 30.5 Å². The monoisotopic (exact) mass is 426 g/mol. The normalized spacial score (nSPS) is 19.1. The molecule has 0 spiro atoms. The van der Waals surface area contributed by atoms with Crippen molar-refractivity contribution in [3.63, 3.8) is 0 Å². The van der Waals surface area contributed by atoms with Gasteiger partial charge in [0.05, 0.1) is 12.6 Å². The maximum atomic E-state index is 14.4. The van der Waals surface area contributed by atoms with E-state index in [1.807, 2.05) is 23.5 Å². The van der Waals surface area contributed by atoms with Crippen LogP contribution >= 0.6 is 0 Å². The maximum absolute atomic E-state index is 14.4. The summed E-state index contributed by atoms with van der Waals surface area (Å²) in [6, 6.07) is 3.95. The van der Waals surface area contributed by atoms with Crippen LogP contribution in [0, 0.1) is 11.6 Å². The first-order valence-electron chi connectivity index (χ1n) is 9.86. The number of benzene rings is 1. The second-order valence-corrected chi connectivity index (χ2v) is 8.69. The Morgan fingerprint density at radius 3 is 2.71 bits per heavy atom. The number of carbonyl (C=O) groups excluding carboxylic acids is 1.